The molecular formula is C12H13ClOS. The van der Waals surface area contributed by atoms with E-state index in [1.54, 1.807) is 11.3 Å². The highest BCUT2D eigenvalue weighted by Gasteiger charge is 2.03. The van der Waals surface area contributed by atoms with Crippen LogP contribution in [-0.4, -0.2) is 6.10 Å². The van der Waals surface area contributed by atoms with Gasteiger partial charge in [-0.2, -0.15) is 0 Å². The molecule has 1 aromatic carbocycles. The number of thiophene rings is 1. The first kappa shape index (κ1) is 10.9. The largest absolute Gasteiger partial charge is 0.373 e. The van der Waals surface area contributed by atoms with Gasteiger partial charge in [0.15, 0.2) is 0 Å². The normalized spacial score (nSPS) is 11.5. The van der Waals surface area contributed by atoms with E-state index in [-0.39, 0.29) is 6.10 Å². The Kier molecular flexibility index (Phi) is 3.29. The number of hydrogen-bond acceptors (Lipinski definition) is 2. The van der Waals surface area contributed by atoms with Crippen LogP contribution in [0.25, 0.3) is 10.1 Å². The van der Waals surface area contributed by atoms with E-state index in [9.17, 15) is 0 Å². The van der Waals surface area contributed by atoms with Crippen molar-refractivity contribution in [2.75, 3.05) is 0 Å². The lowest BCUT2D eigenvalue weighted by molar-refractivity contribution is 0.0675. The molecule has 0 amide bonds. The zero-order valence-electron chi connectivity index (χ0n) is 8.79. The van der Waals surface area contributed by atoms with Gasteiger partial charge in [-0.05, 0) is 43.5 Å². The molecule has 15 heavy (non-hydrogen) atoms. The summed E-state index contributed by atoms with van der Waals surface area (Å²) < 4.78 is 6.83. The highest BCUT2D eigenvalue weighted by molar-refractivity contribution is 7.19. The van der Waals surface area contributed by atoms with Gasteiger partial charge in [-0.15, -0.1) is 11.3 Å². The van der Waals surface area contributed by atoms with Crippen molar-refractivity contribution in [3.8, 4) is 0 Å². The van der Waals surface area contributed by atoms with Crippen molar-refractivity contribution < 1.29 is 4.74 Å². The highest BCUT2D eigenvalue weighted by atomic mass is 35.5. The van der Waals surface area contributed by atoms with Crippen molar-refractivity contribution in [1.29, 1.82) is 0 Å². The first-order chi connectivity index (χ1) is 7.15. The molecule has 0 atom stereocenters. The van der Waals surface area contributed by atoms with Crippen molar-refractivity contribution in [2.45, 2.75) is 26.6 Å². The molecule has 80 valence electrons. The maximum atomic E-state index is 5.93. The first-order valence-corrected chi connectivity index (χ1v) is 6.14. The summed E-state index contributed by atoms with van der Waals surface area (Å²) in [6.45, 7) is 4.78. The van der Waals surface area contributed by atoms with E-state index in [4.69, 9.17) is 16.3 Å². The van der Waals surface area contributed by atoms with Crippen LogP contribution >= 0.6 is 22.9 Å². The average molecular weight is 241 g/mol. The van der Waals surface area contributed by atoms with Gasteiger partial charge in [0.25, 0.3) is 0 Å². The van der Waals surface area contributed by atoms with Crippen molar-refractivity contribution in [3.63, 3.8) is 0 Å². The number of benzene rings is 1. The second-order valence-electron chi connectivity index (χ2n) is 3.75. The molecule has 2 aromatic rings. The Morgan fingerprint density at radius 2 is 2.13 bits per heavy atom. The lowest BCUT2D eigenvalue weighted by Gasteiger charge is -2.04. The number of rotatable bonds is 3. The second kappa shape index (κ2) is 4.52. The number of ether oxygens (including phenoxy) is 1. The maximum absolute atomic E-state index is 5.93. The van der Waals surface area contributed by atoms with Crippen molar-refractivity contribution in [3.05, 3.63) is 34.2 Å². The maximum Gasteiger partial charge on any atom is 0.0813 e. The quantitative estimate of drug-likeness (QED) is 0.769. The van der Waals surface area contributed by atoms with Crippen molar-refractivity contribution >= 4 is 33.0 Å². The van der Waals surface area contributed by atoms with Gasteiger partial charge in [0.2, 0.25) is 0 Å². The molecule has 1 nitrogen and oxygen atoms in total. The molecule has 0 saturated carbocycles. The summed E-state index contributed by atoms with van der Waals surface area (Å²) in [4.78, 5) is 1.25. The third kappa shape index (κ3) is 2.71. The van der Waals surface area contributed by atoms with Crippen LogP contribution in [0.15, 0.2) is 24.3 Å². The molecule has 2 rings (SSSR count). The summed E-state index contributed by atoms with van der Waals surface area (Å²) in [5, 5.41) is 1.99. The molecule has 1 heterocycles. The first-order valence-electron chi connectivity index (χ1n) is 4.95. The van der Waals surface area contributed by atoms with Crippen LogP contribution in [0.3, 0.4) is 0 Å². The van der Waals surface area contributed by atoms with Crippen LogP contribution in [0.2, 0.25) is 5.02 Å². The molecule has 0 aliphatic rings. The van der Waals surface area contributed by atoms with Gasteiger partial charge in [0.05, 0.1) is 12.7 Å². The Morgan fingerprint density at radius 1 is 1.33 bits per heavy atom. The minimum atomic E-state index is 0.277. The highest BCUT2D eigenvalue weighted by Crippen LogP contribution is 2.28. The third-order valence-corrected chi connectivity index (χ3v) is 3.41. The minimum Gasteiger partial charge on any atom is -0.373 e. The molecule has 0 fully saturated rings. The monoisotopic (exact) mass is 240 g/mol. The summed E-state index contributed by atoms with van der Waals surface area (Å²) >= 11 is 7.69. The fraction of sp³-hybridized carbons (Fsp3) is 0.333. The van der Waals surface area contributed by atoms with Crippen molar-refractivity contribution in [1.82, 2.24) is 0 Å². The van der Waals surface area contributed by atoms with Gasteiger partial charge in [-0.1, -0.05) is 11.6 Å². The van der Waals surface area contributed by atoms with Crippen LogP contribution in [0.4, 0.5) is 0 Å². The number of halogens is 1. The summed E-state index contributed by atoms with van der Waals surface area (Å²) in [5.41, 5.74) is 0. The second-order valence-corrected chi connectivity index (χ2v) is 5.36. The average Bonchev–Trinajstić information content (AvgIpc) is 2.56. The Morgan fingerprint density at radius 3 is 2.87 bits per heavy atom. The fourth-order valence-corrected chi connectivity index (χ4v) is 2.54. The lowest BCUT2D eigenvalue weighted by Crippen LogP contribution is -2.00. The van der Waals surface area contributed by atoms with E-state index in [1.807, 2.05) is 26.0 Å². The molecule has 0 radical (unpaired) electrons. The number of hydrogen-bond donors (Lipinski definition) is 0. The third-order valence-electron chi connectivity index (χ3n) is 2.09. The van der Waals surface area contributed by atoms with Gasteiger partial charge in [0, 0.05) is 14.6 Å². The summed E-state index contributed by atoms with van der Waals surface area (Å²) in [7, 11) is 0. The Balaban J connectivity index is 2.23. The van der Waals surface area contributed by atoms with E-state index in [0.29, 0.717) is 6.61 Å². The smallest absolute Gasteiger partial charge is 0.0813 e. The predicted molar refractivity (Wildman–Crippen MR) is 66.8 cm³/mol. The molecule has 0 unspecified atom stereocenters. The van der Waals surface area contributed by atoms with Crippen LogP contribution in [0.1, 0.15) is 18.7 Å². The van der Waals surface area contributed by atoms with Crippen LogP contribution in [0.5, 0.6) is 0 Å². The molecule has 0 aliphatic heterocycles. The van der Waals surface area contributed by atoms with E-state index in [0.717, 1.165) is 5.02 Å². The van der Waals surface area contributed by atoms with Gasteiger partial charge in [-0.3, -0.25) is 0 Å². The molecular weight excluding hydrogens is 228 g/mol. The Bertz CT molecular complexity index is 462. The van der Waals surface area contributed by atoms with Gasteiger partial charge in [-0.25, -0.2) is 0 Å². The molecule has 1 aromatic heterocycles. The van der Waals surface area contributed by atoms with Crippen LogP contribution in [-0.2, 0) is 11.3 Å². The van der Waals surface area contributed by atoms with E-state index in [1.165, 1.54) is 15.0 Å². The molecule has 0 bridgehead atoms. The molecule has 0 aliphatic carbocycles. The summed E-state index contributed by atoms with van der Waals surface area (Å²) in [5.74, 6) is 0. The van der Waals surface area contributed by atoms with Crippen LogP contribution in [0, 0.1) is 0 Å². The Hall–Kier alpha value is -0.570. The Labute approximate surface area is 98.6 Å². The summed E-state index contributed by atoms with van der Waals surface area (Å²) in [6.07, 6.45) is 0.277. The fourth-order valence-electron chi connectivity index (χ4n) is 1.39. The van der Waals surface area contributed by atoms with E-state index in [2.05, 4.69) is 12.1 Å². The minimum absolute atomic E-state index is 0.277. The topological polar surface area (TPSA) is 9.23 Å². The van der Waals surface area contributed by atoms with E-state index < -0.39 is 0 Å². The zero-order valence-corrected chi connectivity index (χ0v) is 10.4. The van der Waals surface area contributed by atoms with Gasteiger partial charge < -0.3 is 4.74 Å². The molecule has 0 N–H and O–H groups in total. The molecule has 0 spiro atoms. The van der Waals surface area contributed by atoms with Gasteiger partial charge in [0.1, 0.15) is 0 Å². The van der Waals surface area contributed by atoms with Crippen LogP contribution < -0.4 is 0 Å². The molecule has 0 saturated heterocycles. The summed E-state index contributed by atoms with van der Waals surface area (Å²) in [6, 6.07) is 8.12. The molecule has 3 heteroatoms. The standard InChI is InChI=1S/C12H13ClOS/c1-8(2)14-7-11-6-9-5-10(13)3-4-12(9)15-11/h3-6,8H,7H2,1-2H3. The predicted octanol–water partition coefficient (Wildman–Crippen LogP) is 4.48. The lowest BCUT2D eigenvalue weighted by atomic mass is 10.2. The van der Waals surface area contributed by atoms with E-state index >= 15 is 0 Å². The number of fused-ring (bicyclic) bond motifs is 1. The SMILES string of the molecule is CC(C)OCc1cc2cc(Cl)ccc2s1. The van der Waals surface area contributed by atoms with Crippen molar-refractivity contribution in [2.24, 2.45) is 0 Å². The zero-order chi connectivity index (χ0) is 10.8. The van der Waals surface area contributed by atoms with Gasteiger partial charge >= 0.3 is 0 Å².